The van der Waals surface area contributed by atoms with Gasteiger partial charge in [0.2, 0.25) is 0 Å². The molecule has 1 saturated heterocycles. The Morgan fingerprint density at radius 1 is 1.17 bits per heavy atom. The summed E-state index contributed by atoms with van der Waals surface area (Å²) in [6.45, 7) is 14.6. The van der Waals surface area contributed by atoms with Gasteiger partial charge in [0.15, 0.2) is 0 Å². The SMILES string of the molecule is CC.CCC.COc1cccc2c(C)nn(CN3CCOCC3)c12. The molecule has 3 rings (SSSR count). The maximum atomic E-state index is 5.47. The summed E-state index contributed by atoms with van der Waals surface area (Å²) in [5, 5.41) is 5.81. The van der Waals surface area contributed by atoms with Gasteiger partial charge in [-0.05, 0) is 13.0 Å². The number of fused-ring (bicyclic) bond motifs is 1. The molecule has 0 radical (unpaired) electrons. The van der Waals surface area contributed by atoms with Crippen LogP contribution in [-0.4, -0.2) is 48.1 Å². The highest BCUT2D eigenvalue weighted by molar-refractivity contribution is 5.87. The summed E-state index contributed by atoms with van der Waals surface area (Å²) in [6, 6.07) is 6.09. The van der Waals surface area contributed by atoms with Crippen LogP contribution in [0.1, 0.15) is 39.8 Å². The molecule has 0 unspecified atom stereocenters. The van der Waals surface area contributed by atoms with Crippen molar-refractivity contribution in [2.45, 2.75) is 47.7 Å². The molecule has 0 aliphatic carbocycles. The fraction of sp³-hybridized carbons (Fsp3) is 0.632. The Hall–Kier alpha value is -1.59. The lowest BCUT2D eigenvalue weighted by Gasteiger charge is -2.26. The topological polar surface area (TPSA) is 39.5 Å². The summed E-state index contributed by atoms with van der Waals surface area (Å²) in [5.74, 6) is 0.881. The smallest absolute Gasteiger partial charge is 0.144 e. The van der Waals surface area contributed by atoms with Crippen molar-refractivity contribution in [3.63, 3.8) is 0 Å². The molecule has 0 atom stereocenters. The molecule has 0 amide bonds. The first-order valence-electron chi connectivity index (χ1n) is 9.01. The van der Waals surface area contributed by atoms with Crippen molar-refractivity contribution in [3.05, 3.63) is 23.9 Å². The number of nitrogens with zero attached hydrogens (tertiary/aromatic N) is 3. The van der Waals surface area contributed by atoms with Crippen LogP contribution in [0.5, 0.6) is 5.75 Å². The molecule has 1 fully saturated rings. The number of aromatic nitrogens is 2. The van der Waals surface area contributed by atoms with Crippen LogP contribution >= 0.6 is 0 Å². The third-order valence-electron chi connectivity index (χ3n) is 3.58. The van der Waals surface area contributed by atoms with Crippen LogP contribution in [0.25, 0.3) is 10.9 Å². The van der Waals surface area contributed by atoms with Gasteiger partial charge in [-0.3, -0.25) is 4.90 Å². The van der Waals surface area contributed by atoms with Gasteiger partial charge in [-0.15, -0.1) is 0 Å². The first kappa shape index (κ1) is 20.5. The molecule has 136 valence electrons. The van der Waals surface area contributed by atoms with Gasteiger partial charge in [-0.2, -0.15) is 5.10 Å². The number of hydrogen-bond donors (Lipinski definition) is 0. The highest BCUT2D eigenvalue weighted by Gasteiger charge is 2.16. The van der Waals surface area contributed by atoms with Crippen molar-refractivity contribution in [1.82, 2.24) is 14.7 Å². The maximum Gasteiger partial charge on any atom is 0.144 e. The molecule has 5 nitrogen and oxygen atoms in total. The molecule has 0 saturated carbocycles. The maximum absolute atomic E-state index is 5.47. The molecule has 1 aliphatic rings. The molecule has 0 bridgehead atoms. The molecule has 0 spiro atoms. The number of methoxy groups -OCH3 is 1. The first-order chi connectivity index (χ1) is 11.7. The zero-order valence-electron chi connectivity index (χ0n) is 16.1. The standard InChI is InChI=1S/C14H19N3O2.C3H8.C2H6/c1-11-12-4-3-5-13(18-2)14(12)17(15-11)10-16-6-8-19-9-7-16;1-3-2;1-2/h3-5H,6-10H2,1-2H3;3H2,1-2H3;1-2H3. The number of ether oxygens (including phenoxy) is 2. The minimum atomic E-state index is 0.786. The van der Waals surface area contributed by atoms with Crippen molar-refractivity contribution < 1.29 is 9.47 Å². The summed E-state index contributed by atoms with van der Waals surface area (Å²) in [6.07, 6.45) is 1.25. The minimum absolute atomic E-state index is 0.786. The highest BCUT2D eigenvalue weighted by Crippen LogP contribution is 2.27. The zero-order chi connectivity index (χ0) is 17.9. The zero-order valence-corrected chi connectivity index (χ0v) is 16.1. The lowest BCUT2D eigenvalue weighted by Crippen LogP contribution is -2.37. The Kier molecular flexibility index (Phi) is 9.42. The van der Waals surface area contributed by atoms with E-state index in [9.17, 15) is 0 Å². The first-order valence-corrected chi connectivity index (χ1v) is 9.01. The van der Waals surface area contributed by atoms with E-state index < -0.39 is 0 Å². The number of morpholine rings is 1. The fourth-order valence-corrected chi connectivity index (χ4v) is 2.56. The van der Waals surface area contributed by atoms with Gasteiger partial charge < -0.3 is 9.47 Å². The molecular formula is C19H33N3O2. The fourth-order valence-electron chi connectivity index (χ4n) is 2.56. The molecule has 1 aliphatic heterocycles. The van der Waals surface area contributed by atoms with E-state index in [1.807, 2.05) is 37.6 Å². The highest BCUT2D eigenvalue weighted by atomic mass is 16.5. The lowest BCUT2D eigenvalue weighted by molar-refractivity contribution is 0.0220. The number of benzene rings is 1. The van der Waals surface area contributed by atoms with Gasteiger partial charge in [-0.1, -0.05) is 46.2 Å². The molecule has 5 heteroatoms. The second kappa shape index (κ2) is 11.0. The Labute approximate surface area is 146 Å². The molecule has 1 aromatic carbocycles. The summed E-state index contributed by atoms with van der Waals surface area (Å²) in [4.78, 5) is 2.35. The molecule has 1 aromatic heterocycles. The number of rotatable bonds is 3. The van der Waals surface area contributed by atoms with Crippen LogP contribution in [0.2, 0.25) is 0 Å². The Bertz CT molecular complexity index is 590. The summed E-state index contributed by atoms with van der Waals surface area (Å²) >= 11 is 0. The van der Waals surface area contributed by atoms with E-state index in [4.69, 9.17) is 9.47 Å². The summed E-state index contributed by atoms with van der Waals surface area (Å²) in [7, 11) is 1.70. The second-order valence-electron chi connectivity index (χ2n) is 5.52. The predicted molar refractivity (Wildman–Crippen MR) is 101 cm³/mol. The van der Waals surface area contributed by atoms with Crippen LogP contribution in [-0.2, 0) is 11.4 Å². The van der Waals surface area contributed by atoms with E-state index in [0.717, 1.165) is 55.3 Å². The van der Waals surface area contributed by atoms with E-state index in [1.54, 1.807) is 7.11 Å². The minimum Gasteiger partial charge on any atom is -0.494 e. The average Bonchev–Trinajstić information content (AvgIpc) is 2.94. The van der Waals surface area contributed by atoms with Crippen molar-refractivity contribution in [1.29, 1.82) is 0 Å². The van der Waals surface area contributed by atoms with E-state index >= 15 is 0 Å². The third-order valence-corrected chi connectivity index (χ3v) is 3.58. The van der Waals surface area contributed by atoms with Gasteiger partial charge in [0, 0.05) is 18.5 Å². The van der Waals surface area contributed by atoms with Gasteiger partial charge in [0.1, 0.15) is 11.3 Å². The van der Waals surface area contributed by atoms with Crippen LogP contribution in [0.4, 0.5) is 0 Å². The van der Waals surface area contributed by atoms with Gasteiger partial charge in [0.05, 0.1) is 32.7 Å². The predicted octanol–water partition coefficient (Wildman–Crippen LogP) is 4.09. The van der Waals surface area contributed by atoms with Gasteiger partial charge in [-0.25, -0.2) is 4.68 Å². The van der Waals surface area contributed by atoms with Crippen LogP contribution in [0, 0.1) is 6.92 Å². The quantitative estimate of drug-likeness (QED) is 0.847. The second-order valence-corrected chi connectivity index (χ2v) is 5.52. The molecule has 2 heterocycles. The van der Waals surface area contributed by atoms with E-state index in [2.05, 4.69) is 29.9 Å². The van der Waals surface area contributed by atoms with E-state index in [0.29, 0.717) is 0 Å². The van der Waals surface area contributed by atoms with Crippen LogP contribution < -0.4 is 4.74 Å². The molecule has 0 N–H and O–H groups in total. The van der Waals surface area contributed by atoms with E-state index in [1.165, 1.54) is 6.42 Å². The average molecular weight is 335 g/mol. The molecule has 24 heavy (non-hydrogen) atoms. The summed E-state index contributed by atoms with van der Waals surface area (Å²) in [5.41, 5.74) is 2.12. The van der Waals surface area contributed by atoms with Crippen LogP contribution in [0.3, 0.4) is 0 Å². The monoisotopic (exact) mass is 335 g/mol. The van der Waals surface area contributed by atoms with Crippen molar-refractivity contribution in [2.24, 2.45) is 0 Å². The van der Waals surface area contributed by atoms with Crippen molar-refractivity contribution in [3.8, 4) is 5.75 Å². The number of para-hydroxylation sites is 1. The Morgan fingerprint density at radius 2 is 1.79 bits per heavy atom. The lowest BCUT2D eigenvalue weighted by atomic mass is 10.2. The molecular weight excluding hydrogens is 302 g/mol. The van der Waals surface area contributed by atoms with E-state index in [-0.39, 0.29) is 0 Å². The Morgan fingerprint density at radius 3 is 2.38 bits per heavy atom. The Balaban J connectivity index is 0.000000521. The number of hydrogen-bond acceptors (Lipinski definition) is 4. The third kappa shape index (κ3) is 5.21. The number of aryl methyl sites for hydroxylation is 1. The van der Waals surface area contributed by atoms with Crippen LogP contribution in [0.15, 0.2) is 18.2 Å². The summed E-state index contributed by atoms with van der Waals surface area (Å²) < 4.78 is 12.9. The van der Waals surface area contributed by atoms with Crippen molar-refractivity contribution >= 4 is 10.9 Å². The largest absolute Gasteiger partial charge is 0.494 e. The molecule has 2 aromatic rings. The van der Waals surface area contributed by atoms with Gasteiger partial charge in [0.25, 0.3) is 0 Å². The van der Waals surface area contributed by atoms with Gasteiger partial charge >= 0.3 is 0 Å². The van der Waals surface area contributed by atoms with Crippen molar-refractivity contribution in [2.75, 3.05) is 33.4 Å². The normalized spacial score (nSPS) is 14.4.